The van der Waals surface area contributed by atoms with Crippen LogP contribution in [0.15, 0.2) is 0 Å². The fourth-order valence-corrected chi connectivity index (χ4v) is 5.21. The van der Waals surface area contributed by atoms with E-state index >= 15 is 0 Å². The van der Waals surface area contributed by atoms with Crippen LogP contribution in [-0.2, 0) is 27.9 Å². The van der Waals surface area contributed by atoms with Gasteiger partial charge in [0, 0.05) is 37.5 Å². The van der Waals surface area contributed by atoms with Crippen LogP contribution in [0, 0.1) is 5.41 Å². The maximum Gasteiger partial charge on any atom is 0.228 e. The third-order valence-corrected chi connectivity index (χ3v) is 7.94. The summed E-state index contributed by atoms with van der Waals surface area (Å²) in [5.74, 6) is 2.13. The van der Waals surface area contributed by atoms with Gasteiger partial charge in [-0.15, -0.1) is 10.2 Å². The average molecular weight is 382 g/mol. The summed E-state index contributed by atoms with van der Waals surface area (Å²) >= 11 is 0. The number of amides is 1. The molecule has 1 aromatic rings. The molecule has 1 unspecified atom stereocenters. The first-order valence-corrected chi connectivity index (χ1v) is 11.1. The van der Waals surface area contributed by atoms with Crippen LogP contribution in [0.5, 0.6) is 0 Å². The second-order valence-corrected chi connectivity index (χ2v) is 10.3. The molecule has 3 aliphatic rings. The van der Waals surface area contributed by atoms with Gasteiger partial charge in [0.2, 0.25) is 15.9 Å². The van der Waals surface area contributed by atoms with Crippen LogP contribution in [0.4, 0.5) is 0 Å². The highest BCUT2D eigenvalue weighted by atomic mass is 32.2. The first kappa shape index (κ1) is 17.9. The third kappa shape index (κ3) is 3.05. The molecule has 144 valence electrons. The van der Waals surface area contributed by atoms with Gasteiger partial charge in [-0.05, 0) is 32.6 Å². The van der Waals surface area contributed by atoms with E-state index < -0.39 is 10.0 Å². The van der Waals surface area contributed by atoms with Gasteiger partial charge in [-0.2, -0.15) is 0 Å². The minimum Gasteiger partial charge on any atom is -0.333 e. The second kappa shape index (κ2) is 6.30. The highest BCUT2D eigenvalue weighted by molar-refractivity contribution is 7.89. The topological polar surface area (TPSA) is 88.4 Å². The monoisotopic (exact) mass is 381 g/mol. The Labute approximate surface area is 154 Å². The van der Waals surface area contributed by atoms with Crippen LogP contribution in [0.2, 0.25) is 0 Å². The summed E-state index contributed by atoms with van der Waals surface area (Å²) in [6.45, 7) is 6.66. The summed E-state index contributed by atoms with van der Waals surface area (Å²) in [4.78, 5) is 14.5. The number of sulfonamides is 1. The molecule has 1 atom stereocenters. The van der Waals surface area contributed by atoms with Crippen molar-refractivity contribution in [3.05, 3.63) is 11.6 Å². The van der Waals surface area contributed by atoms with Crippen LogP contribution in [-0.4, -0.2) is 63.7 Å². The zero-order valence-corrected chi connectivity index (χ0v) is 16.3. The van der Waals surface area contributed by atoms with E-state index in [9.17, 15) is 13.2 Å². The highest BCUT2D eigenvalue weighted by Crippen LogP contribution is 2.47. The van der Waals surface area contributed by atoms with Crippen LogP contribution < -0.4 is 0 Å². The van der Waals surface area contributed by atoms with Crippen molar-refractivity contribution in [3.63, 3.8) is 0 Å². The molecule has 26 heavy (non-hydrogen) atoms. The Hall–Kier alpha value is -1.48. The molecule has 0 radical (unpaired) electrons. The smallest absolute Gasteiger partial charge is 0.228 e. The minimum absolute atomic E-state index is 0.0783. The maximum atomic E-state index is 12.6. The lowest BCUT2D eigenvalue weighted by atomic mass is 9.98. The summed E-state index contributed by atoms with van der Waals surface area (Å²) in [5.41, 5.74) is -0.163. The number of hydrogen-bond acceptors (Lipinski definition) is 5. The molecule has 1 amide bonds. The fourth-order valence-electron chi connectivity index (χ4n) is 4.03. The van der Waals surface area contributed by atoms with E-state index in [0.29, 0.717) is 32.7 Å². The van der Waals surface area contributed by atoms with Crippen molar-refractivity contribution >= 4 is 15.9 Å². The fraction of sp³-hybridized carbons (Fsp3) is 0.824. The number of fused-ring (bicyclic) bond motifs is 1. The van der Waals surface area contributed by atoms with E-state index in [4.69, 9.17) is 0 Å². The van der Waals surface area contributed by atoms with Crippen molar-refractivity contribution in [1.29, 1.82) is 0 Å². The number of hydrogen-bond donors (Lipinski definition) is 0. The lowest BCUT2D eigenvalue weighted by molar-refractivity contribution is -0.138. The van der Waals surface area contributed by atoms with Crippen LogP contribution in [0.3, 0.4) is 0 Å². The lowest BCUT2D eigenvalue weighted by Gasteiger charge is -2.33. The zero-order chi connectivity index (χ0) is 18.5. The van der Waals surface area contributed by atoms with Gasteiger partial charge in [0.15, 0.2) is 5.82 Å². The molecular weight excluding hydrogens is 354 g/mol. The lowest BCUT2D eigenvalue weighted by Crippen LogP contribution is -2.43. The van der Waals surface area contributed by atoms with E-state index in [1.165, 1.54) is 0 Å². The van der Waals surface area contributed by atoms with E-state index in [-0.39, 0.29) is 23.0 Å². The van der Waals surface area contributed by atoms with Gasteiger partial charge >= 0.3 is 0 Å². The maximum absolute atomic E-state index is 12.6. The van der Waals surface area contributed by atoms with Gasteiger partial charge in [-0.25, -0.2) is 12.7 Å². The van der Waals surface area contributed by atoms with Crippen molar-refractivity contribution in [2.75, 3.05) is 25.4 Å². The molecule has 1 saturated heterocycles. The normalized spacial score (nSPS) is 25.8. The van der Waals surface area contributed by atoms with Gasteiger partial charge in [0.1, 0.15) is 5.82 Å². The molecule has 3 heterocycles. The standard InChI is InChI=1S/C17H27N5O3S/c1-3-26(24,25)21-8-4-5-13(11-21)15-19-18-14-12-20(9-10-22(14)15)16(23)17(2)6-7-17/h13H,3-12H2,1-2H3. The van der Waals surface area contributed by atoms with Gasteiger partial charge in [0.25, 0.3) is 0 Å². The van der Waals surface area contributed by atoms with E-state index in [1.54, 1.807) is 11.2 Å². The van der Waals surface area contributed by atoms with Crippen molar-refractivity contribution in [1.82, 2.24) is 24.0 Å². The van der Waals surface area contributed by atoms with Crippen molar-refractivity contribution in [3.8, 4) is 0 Å². The molecule has 9 heteroatoms. The molecule has 1 aliphatic carbocycles. The molecule has 4 rings (SSSR count). The summed E-state index contributed by atoms with van der Waals surface area (Å²) in [7, 11) is -3.17. The Morgan fingerprint density at radius 1 is 1.23 bits per heavy atom. The van der Waals surface area contributed by atoms with E-state index in [2.05, 4.69) is 14.8 Å². The molecule has 0 bridgehead atoms. The summed E-state index contributed by atoms with van der Waals surface area (Å²) in [6.07, 6.45) is 3.72. The number of carbonyl (C=O) groups is 1. The third-order valence-electron chi connectivity index (χ3n) is 6.09. The molecule has 2 aliphatic heterocycles. The molecule has 8 nitrogen and oxygen atoms in total. The molecule has 0 spiro atoms. The number of carbonyl (C=O) groups excluding carboxylic acids is 1. The molecule has 1 aromatic heterocycles. The van der Waals surface area contributed by atoms with Gasteiger partial charge in [-0.1, -0.05) is 6.92 Å². The van der Waals surface area contributed by atoms with Gasteiger partial charge in [-0.3, -0.25) is 4.79 Å². The first-order valence-electron chi connectivity index (χ1n) is 9.53. The predicted octanol–water partition coefficient (Wildman–Crippen LogP) is 0.950. The van der Waals surface area contributed by atoms with Crippen molar-refractivity contribution in [2.24, 2.45) is 5.41 Å². The molecular formula is C17H27N5O3S. The largest absolute Gasteiger partial charge is 0.333 e. The number of nitrogens with zero attached hydrogens (tertiary/aromatic N) is 5. The first-order chi connectivity index (χ1) is 12.3. The van der Waals surface area contributed by atoms with Gasteiger partial charge in [0.05, 0.1) is 12.3 Å². The number of rotatable bonds is 4. The highest BCUT2D eigenvalue weighted by Gasteiger charge is 2.47. The van der Waals surface area contributed by atoms with Crippen molar-refractivity contribution in [2.45, 2.75) is 58.5 Å². The molecule has 0 aromatic carbocycles. The Morgan fingerprint density at radius 2 is 2.00 bits per heavy atom. The minimum atomic E-state index is -3.17. The van der Waals surface area contributed by atoms with E-state index in [0.717, 1.165) is 37.3 Å². The Bertz CT molecular complexity index is 814. The summed E-state index contributed by atoms with van der Waals surface area (Å²) in [6, 6.07) is 0. The Balaban J connectivity index is 1.50. The van der Waals surface area contributed by atoms with Crippen molar-refractivity contribution < 1.29 is 13.2 Å². The molecule has 1 saturated carbocycles. The quantitative estimate of drug-likeness (QED) is 0.775. The second-order valence-electron chi connectivity index (χ2n) is 8.01. The number of aromatic nitrogens is 3. The predicted molar refractivity (Wildman–Crippen MR) is 95.8 cm³/mol. The summed E-state index contributed by atoms with van der Waals surface area (Å²) < 4.78 is 28.1. The number of piperidine rings is 1. The van der Waals surface area contributed by atoms with E-state index in [1.807, 2.05) is 11.8 Å². The van der Waals surface area contributed by atoms with Crippen LogP contribution in [0.25, 0.3) is 0 Å². The molecule has 2 fully saturated rings. The average Bonchev–Trinajstić information content (AvgIpc) is 3.27. The van der Waals surface area contributed by atoms with Crippen LogP contribution >= 0.6 is 0 Å². The SMILES string of the molecule is CCS(=O)(=O)N1CCCC(c2nnc3n2CCN(C(=O)C2(C)CC2)C3)C1. The van der Waals surface area contributed by atoms with Gasteiger partial charge < -0.3 is 9.47 Å². The Kier molecular flexibility index (Phi) is 4.34. The summed E-state index contributed by atoms with van der Waals surface area (Å²) in [5, 5.41) is 8.71. The zero-order valence-electron chi connectivity index (χ0n) is 15.5. The Morgan fingerprint density at radius 3 is 2.69 bits per heavy atom. The molecule has 0 N–H and O–H groups in total. The van der Waals surface area contributed by atoms with Crippen LogP contribution in [0.1, 0.15) is 57.1 Å².